The summed E-state index contributed by atoms with van der Waals surface area (Å²) < 4.78 is 11.3. The Kier molecular flexibility index (Phi) is 7.17. The zero-order valence-electron chi connectivity index (χ0n) is 17.9. The van der Waals surface area contributed by atoms with Crippen molar-refractivity contribution < 1.29 is 19.1 Å². The van der Waals surface area contributed by atoms with Gasteiger partial charge in [0.05, 0.1) is 0 Å². The van der Waals surface area contributed by atoms with Gasteiger partial charge in [0.15, 0.2) is 0 Å². The van der Waals surface area contributed by atoms with Crippen molar-refractivity contribution in [1.29, 1.82) is 0 Å². The number of rotatable bonds is 5. The summed E-state index contributed by atoms with van der Waals surface area (Å²) in [6.45, 7) is 6.73. The number of benzene rings is 1. The molecular weight excluding hydrogens is 368 g/mol. The molecule has 1 aliphatic heterocycles. The Labute approximate surface area is 173 Å². The number of nitrogens with one attached hydrogen (secondary N) is 1. The highest BCUT2D eigenvalue weighted by atomic mass is 16.6. The fraction of sp³-hybridized carbons (Fsp3) is 0.652. The van der Waals surface area contributed by atoms with Crippen LogP contribution in [0.2, 0.25) is 0 Å². The monoisotopic (exact) mass is 402 g/mol. The van der Waals surface area contributed by atoms with Crippen molar-refractivity contribution in [2.75, 3.05) is 6.54 Å². The second-order valence-corrected chi connectivity index (χ2v) is 9.12. The van der Waals surface area contributed by atoms with Gasteiger partial charge in [-0.2, -0.15) is 0 Å². The first-order valence-corrected chi connectivity index (χ1v) is 10.8. The average Bonchev–Trinajstić information content (AvgIpc) is 3.18. The zero-order valence-corrected chi connectivity index (χ0v) is 17.9. The molecule has 6 nitrogen and oxygen atoms in total. The van der Waals surface area contributed by atoms with E-state index in [9.17, 15) is 9.59 Å². The lowest BCUT2D eigenvalue weighted by Crippen LogP contribution is -2.55. The minimum atomic E-state index is -0.604. The second-order valence-electron chi connectivity index (χ2n) is 9.12. The van der Waals surface area contributed by atoms with Gasteiger partial charge in [-0.15, -0.1) is 0 Å². The Balaban J connectivity index is 1.64. The van der Waals surface area contributed by atoms with E-state index in [1.165, 1.54) is 5.56 Å². The van der Waals surface area contributed by atoms with Gasteiger partial charge >= 0.3 is 12.1 Å². The highest BCUT2D eigenvalue weighted by Crippen LogP contribution is 2.26. The molecular formula is C23H34N2O4. The molecule has 0 bridgehead atoms. The topological polar surface area (TPSA) is 67.9 Å². The van der Waals surface area contributed by atoms with E-state index >= 15 is 0 Å². The number of amides is 1. The van der Waals surface area contributed by atoms with E-state index in [1.807, 2.05) is 39.0 Å². The predicted octanol–water partition coefficient (Wildman–Crippen LogP) is 4.03. The first-order chi connectivity index (χ1) is 13.8. The second kappa shape index (κ2) is 9.61. The van der Waals surface area contributed by atoms with Crippen molar-refractivity contribution in [1.82, 2.24) is 10.2 Å². The quantitative estimate of drug-likeness (QED) is 0.753. The molecule has 1 aliphatic carbocycles. The molecule has 1 heterocycles. The van der Waals surface area contributed by atoms with Crippen molar-refractivity contribution in [3.05, 3.63) is 35.9 Å². The summed E-state index contributed by atoms with van der Waals surface area (Å²) in [5.41, 5.74) is 0.603. The standard InChI is InChI=1S/C23H34N2O4/c1-23(2,3)29-22(27)25-14-13-18(24-16-17-9-5-4-6-10-17)15-20(25)21(26)28-19-11-7-8-12-19/h4-6,9-10,18-20,24H,7-8,11-16H2,1-3H3/t18?,20-/m1/s1. The molecule has 1 N–H and O–H groups in total. The number of hydrogen-bond donors (Lipinski definition) is 1. The van der Waals surface area contributed by atoms with Gasteiger partial charge in [0.25, 0.3) is 0 Å². The molecule has 160 valence electrons. The summed E-state index contributed by atoms with van der Waals surface area (Å²) in [5.74, 6) is -0.297. The molecule has 6 heteroatoms. The Morgan fingerprint density at radius 3 is 2.45 bits per heavy atom. The van der Waals surface area contributed by atoms with Crippen LogP contribution in [0.1, 0.15) is 64.9 Å². The maximum absolute atomic E-state index is 13.0. The third-order valence-corrected chi connectivity index (χ3v) is 5.53. The Morgan fingerprint density at radius 1 is 1.10 bits per heavy atom. The third-order valence-electron chi connectivity index (χ3n) is 5.53. The van der Waals surface area contributed by atoms with Crippen LogP contribution in [0, 0.1) is 0 Å². The van der Waals surface area contributed by atoms with Gasteiger partial charge in [-0.3, -0.25) is 4.90 Å². The fourth-order valence-electron chi connectivity index (χ4n) is 4.02. The number of esters is 1. The largest absolute Gasteiger partial charge is 0.461 e. The molecule has 2 atom stereocenters. The first-order valence-electron chi connectivity index (χ1n) is 10.8. The molecule has 0 radical (unpaired) electrons. The van der Waals surface area contributed by atoms with Crippen LogP contribution >= 0.6 is 0 Å². The number of ether oxygens (including phenoxy) is 2. The number of hydrogen-bond acceptors (Lipinski definition) is 5. The normalized spacial score (nSPS) is 23.1. The van der Waals surface area contributed by atoms with E-state index in [1.54, 1.807) is 4.90 Å². The van der Waals surface area contributed by atoms with Crippen LogP contribution in [0.15, 0.2) is 30.3 Å². The molecule has 0 spiro atoms. The van der Waals surface area contributed by atoms with Crippen LogP contribution in [0.5, 0.6) is 0 Å². The summed E-state index contributed by atoms with van der Waals surface area (Å²) in [7, 11) is 0. The molecule has 1 aromatic rings. The lowest BCUT2D eigenvalue weighted by atomic mass is 9.97. The SMILES string of the molecule is CC(C)(C)OC(=O)N1CCC(NCc2ccccc2)C[C@@H]1C(=O)OC1CCCC1. The van der Waals surface area contributed by atoms with Crippen LogP contribution in [0.3, 0.4) is 0 Å². The van der Waals surface area contributed by atoms with Gasteiger partial charge in [-0.25, -0.2) is 9.59 Å². The predicted molar refractivity (Wildman–Crippen MR) is 111 cm³/mol. The molecule has 2 aliphatic rings. The van der Waals surface area contributed by atoms with Gasteiger partial charge in [0, 0.05) is 19.1 Å². The average molecular weight is 403 g/mol. The number of likely N-dealkylation sites (tertiary alicyclic amines) is 1. The van der Waals surface area contributed by atoms with E-state index in [4.69, 9.17) is 9.47 Å². The van der Waals surface area contributed by atoms with E-state index < -0.39 is 17.7 Å². The summed E-state index contributed by atoms with van der Waals surface area (Å²) in [5, 5.41) is 3.54. The van der Waals surface area contributed by atoms with Crippen LogP contribution < -0.4 is 5.32 Å². The number of piperidine rings is 1. The van der Waals surface area contributed by atoms with Crippen molar-refractivity contribution in [3.8, 4) is 0 Å². The molecule has 1 unspecified atom stereocenters. The van der Waals surface area contributed by atoms with Crippen LogP contribution in [0.4, 0.5) is 4.79 Å². The molecule has 1 amide bonds. The Bertz CT molecular complexity index is 680. The minimum Gasteiger partial charge on any atom is -0.461 e. The molecule has 1 saturated heterocycles. The van der Waals surface area contributed by atoms with E-state index in [2.05, 4.69) is 17.4 Å². The van der Waals surface area contributed by atoms with Crippen molar-refractivity contribution in [2.24, 2.45) is 0 Å². The van der Waals surface area contributed by atoms with E-state index in [0.717, 1.165) is 38.6 Å². The summed E-state index contributed by atoms with van der Waals surface area (Å²) in [6.07, 6.45) is 4.89. The molecule has 1 saturated carbocycles. The Hall–Kier alpha value is -2.08. The molecule has 3 rings (SSSR count). The van der Waals surface area contributed by atoms with Gasteiger partial charge in [-0.1, -0.05) is 30.3 Å². The highest BCUT2D eigenvalue weighted by Gasteiger charge is 2.40. The highest BCUT2D eigenvalue weighted by molar-refractivity contribution is 5.82. The smallest absolute Gasteiger partial charge is 0.411 e. The minimum absolute atomic E-state index is 0.0133. The fourth-order valence-corrected chi connectivity index (χ4v) is 4.02. The van der Waals surface area contributed by atoms with E-state index in [-0.39, 0.29) is 18.1 Å². The van der Waals surface area contributed by atoms with Crippen molar-refractivity contribution >= 4 is 12.1 Å². The van der Waals surface area contributed by atoms with Crippen molar-refractivity contribution in [3.63, 3.8) is 0 Å². The Morgan fingerprint density at radius 2 is 1.79 bits per heavy atom. The van der Waals surface area contributed by atoms with Gasteiger partial charge in [-0.05, 0) is 64.9 Å². The van der Waals surface area contributed by atoms with Gasteiger partial charge < -0.3 is 14.8 Å². The molecule has 29 heavy (non-hydrogen) atoms. The lowest BCUT2D eigenvalue weighted by Gasteiger charge is -2.39. The third kappa shape index (κ3) is 6.46. The molecule has 2 fully saturated rings. The van der Waals surface area contributed by atoms with Gasteiger partial charge in [0.1, 0.15) is 17.7 Å². The molecule has 0 aromatic heterocycles. The van der Waals surface area contributed by atoms with Crippen LogP contribution in [-0.4, -0.2) is 47.3 Å². The number of nitrogens with zero attached hydrogens (tertiary/aromatic N) is 1. The number of carbonyl (C=O) groups is 2. The van der Waals surface area contributed by atoms with E-state index in [0.29, 0.717) is 13.0 Å². The lowest BCUT2D eigenvalue weighted by molar-refractivity contribution is -0.156. The van der Waals surface area contributed by atoms with Gasteiger partial charge in [0.2, 0.25) is 0 Å². The van der Waals surface area contributed by atoms with Crippen LogP contribution in [-0.2, 0) is 20.8 Å². The summed E-state index contributed by atoms with van der Waals surface area (Å²) in [6, 6.07) is 9.73. The number of carbonyl (C=O) groups excluding carboxylic acids is 2. The van der Waals surface area contributed by atoms with Crippen LogP contribution in [0.25, 0.3) is 0 Å². The maximum Gasteiger partial charge on any atom is 0.411 e. The maximum atomic E-state index is 13.0. The molecule has 1 aromatic carbocycles. The first kappa shape index (κ1) is 21.6. The zero-order chi connectivity index (χ0) is 20.9. The summed E-state index contributed by atoms with van der Waals surface area (Å²) in [4.78, 5) is 27.2. The van der Waals surface area contributed by atoms with Crippen molar-refractivity contribution in [2.45, 2.75) is 89.6 Å². The summed E-state index contributed by atoms with van der Waals surface area (Å²) >= 11 is 0.